The topological polar surface area (TPSA) is 94.3 Å². The van der Waals surface area contributed by atoms with Crippen molar-refractivity contribution < 1.29 is 14.3 Å². The molecule has 118 valence electrons. The lowest BCUT2D eigenvalue weighted by Gasteiger charge is -2.04. The summed E-state index contributed by atoms with van der Waals surface area (Å²) < 4.78 is 5.20. The average Bonchev–Trinajstić information content (AvgIpc) is 2.57. The Morgan fingerprint density at radius 1 is 1.26 bits per heavy atom. The molecular formula is C17H17N3O3. The summed E-state index contributed by atoms with van der Waals surface area (Å²) in [7, 11) is 0. The highest BCUT2D eigenvalue weighted by Crippen LogP contribution is 2.14. The van der Waals surface area contributed by atoms with Gasteiger partial charge < -0.3 is 15.8 Å². The van der Waals surface area contributed by atoms with Crippen molar-refractivity contribution in [2.75, 3.05) is 6.61 Å². The van der Waals surface area contributed by atoms with E-state index in [4.69, 9.17) is 10.5 Å². The second-order valence-corrected chi connectivity index (χ2v) is 4.74. The highest BCUT2D eigenvalue weighted by atomic mass is 16.5. The largest absolute Gasteiger partial charge is 0.484 e. The van der Waals surface area contributed by atoms with Crippen LogP contribution in [0.15, 0.2) is 54.9 Å². The Balaban J connectivity index is 1.87. The summed E-state index contributed by atoms with van der Waals surface area (Å²) in [6.07, 6.45) is 6.47. The predicted molar refractivity (Wildman–Crippen MR) is 86.2 cm³/mol. The first-order valence-electron chi connectivity index (χ1n) is 6.99. The molecule has 0 aliphatic carbocycles. The summed E-state index contributed by atoms with van der Waals surface area (Å²) in [5.74, 6) is -0.236. The van der Waals surface area contributed by atoms with Crippen molar-refractivity contribution in [2.24, 2.45) is 5.73 Å². The van der Waals surface area contributed by atoms with E-state index in [1.807, 2.05) is 18.2 Å². The third-order valence-electron chi connectivity index (χ3n) is 2.86. The van der Waals surface area contributed by atoms with Crippen molar-refractivity contribution in [3.63, 3.8) is 0 Å². The Bertz CT molecular complexity index is 699. The van der Waals surface area contributed by atoms with Gasteiger partial charge in [-0.1, -0.05) is 18.2 Å². The van der Waals surface area contributed by atoms with Gasteiger partial charge in [0.25, 0.3) is 5.91 Å². The molecule has 0 aliphatic heterocycles. The van der Waals surface area contributed by atoms with Crippen molar-refractivity contribution in [3.05, 3.63) is 66.0 Å². The molecule has 1 aromatic carbocycles. The molecule has 6 heteroatoms. The van der Waals surface area contributed by atoms with Gasteiger partial charge in [-0.05, 0) is 35.4 Å². The highest BCUT2D eigenvalue weighted by molar-refractivity contribution is 5.91. The molecule has 1 heterocycles. The van der Waals surface area contributed by atoms with Gasteiger partial charge in [-0.2, -0.15) is 0 Å². The summed E-state index contributed by atoms with van der Waals surface area (Å²) in [5, 5.41) is 2.77. The summed E-state index contributed by atoms with van der Waals surface area (Å²) in [5.41, 5.74) is 6.73. The molecular weight excluding hydrogens is 294 g/mol. The molecule has 6 nitrogen and oxygen atoms in total. The number of aromatic nitrogens is 1. The molecule has 0 saturated heterocycles. The van der Waals surface area contributed by atoms with Crippen LogP contribution in [-0.2, 0) is 16.1 Å². The van der Waals surface area contributed by atoms with Gasteiger partial charge in [-0.25, -0.2) is 0 Å². The molecule has 3 N–H and O–H groups in total. The van der Waals surface area contributed by atoms with Crippen molar-refractivity contribution in [3.8, 4) is 5.75 Å². The van der Waals surface area contributed by atoms with Crippen LogP contribution in [0.4, 0.5) is 0 Å². The molecule has 2 amide bonds. The van der Waals surface area contributed by atoms with Crippen LogP contribution < -0.4 is 15.8 Å². The molecule has 0 radical (unpaired) electrons. The van der Waals surface area contributed by atoms with E-state index >= 15 is 0 Å². The molecule has 2 aromatic rings. The smallest absolute Gasteiger partial charge is 0.255 e. The lowest BCUT2D eigenvalue weighted by Crippen LogP contribution is -2.20. The van der Waals surface area contributed by atoms with Crippen LogP contribution in [0.1, 0.15) is 11.1 Å². The van der Waals surface area contributed by atoms with Crippen LogP contribution in [0, 0.1) is 0 Å². The third-order valence-corrected chi connectivity index (χ3v) is 2.86. The molecule has 0 aliphatic rings. The molecule has 0 saturated carbocycles. The minimum Gasteiger partial charge on any atom is -0.484 e. The Labute approximate surface area is 134 Å². The number of rotatable bonds is 7. The normalized spacial score (nSPS) is 10.4. The second-order valence-electron chi connectivity index (χ2n) is 4.74. The van der Waals surface area contributed by atoms with E-state index in [1.165, 1.54) is 6.08 Å². The van der Waals surface area contributed by atoms with Crippen LogP contribution in [0.25, 0.3) is 6.08 Å². The lowest BCUT2D eigenvalue weighted by atomic mass is 10.2. The number of carbonyl (C=O) groups excluding carboxylic acids is 2. The summed E-state index contributed by atoms with van der Waals surface area (Å²) in [4.78, 5) is 26.4. The van der Waals surface area contributed by atoms with E-state index in [0.29, 0.717) is 12.3 Å². The quantitative estimate of drug-likeness (QED) is 0.753. The van der Waals surface area contributed by atoms with Crippen LogP contribution >= 0.6 is 0 Å². The molecule has 0 unspecified atom stereocenters. The van der Waals surface area contributed by atoms with Crippen molar-refractivity contribution >= 4 is 17.9 Å². The number of nitrogens with zero attached hydrogens (tertiary/aromatic N) is 1. The highest BCUT2D eigenvalue weighted by Gasteiger charge is 1.99. The monoisotopic (exact) mass is 311 g/mol. The molecule has 0 bridgehead atoms. The maximum atomic E-state index is 11.8. The number of carbonyl (C=O) groups is 2. The zero-order valence-electron chi connectivity index (χ0n) is 12.4. The van der Waals surface area contributed by atoms with Gasteiger partial charge >= 0.3 is 0 Å². The van der Waals surface area contributed by atoms with Gasteiger partial charge in [-0.15, -0.1) is 0 Å². The van der Waals surface area contributed by atoms with Gasteiger partial charge in [0.2, 0.25) is 5.91 Å². The van der Waals surface area contributed by atoms with Gasteiger partial charge in [0.15, 0.2) is 6.61 Å². The Kier molecular flexibility index (Phi) is 5.88. The number of primary amides is 1. The van der Waals surface area contributed by atoms with Crippen molar-refractivity contribution in [2.45, 2.75) is 6.54 Å². The Hall–Kier alpha value is -3.15. The Morgan fingerprint density at radius 2 is 2.13 bits per heavy atom. The zero-order valence-corrected chi connectivity index (χ0v) is 12.4. The molecule has 2 rings (SSSR count). The van der Waals surface area contributed by atoms with E-state index in [1.54, 1.807) is 36.7 Å². The van der Waals surface area contributed by atoms with Gasteiger partial charge in [0.1, 0.15) is 5.75 Å². The van der Waals surface area contributed by atoms with E-state index < -0.39 is 5.91 Å². The molecule has 1 aromatic heterocycles. The van der Waals surface area contributed by atoms with Crippen molar-refractivity contribution in [1.82, 2.24) is 10.3 Å². The number of hydrogen-bond donors (Lipinski definition) is 2. The Morgan fingerprint density at radius 3 is 2.87 bits per heavy atom. The van der Waals surface area contributed by atoms with Crippen LogP contribution in [-0.4, -0.2) is 23.4 Å². The van der Waals surface area contributed by atoms with Crippen molar-refractivity contribution in [1.29, 1.82) is 0 Å². The van der Waals surface area contributed by atoms with E-state index in [9.17, 15) is 9.59 Å². The van der Waals surface area contributed by atoms with Gasteiger partial charge in [-0.3, -0.25) is 14.6 Å². The maximum absolute atomic E-state index is 11.8. The molecule has 23 heavy (non-hydrogen) atoms. The number of nitrogens with one attached hydrogen (secondary N) is 1. The minimum absolute atomic E-state index is 0.182. The summed E-state index contributed by atoms with van der Waals surface area (Å²) >= 11 is 0. The number of amides is 2. The van der Waals surface area contributed by atoms with E-state index in [-0.39, 0.29) is 12.5 Å². The second kappa shape index (κ2) is 8.33. The lowest BCUT2D eigenvalue weighted by molar-refractivity contribution is -0.120. The minimum atomic E-state index is -0.541. The van der Waals surface area contributed by atoms with E-state index in [0.717, 1.165) is 11.1 Å². The third kappa shape index (κ3) is 6.01. The molecule has 0 spiro atoms. The number of benzene rings is 1. The summed E-state index contributed by atoms with van der Waals surface area (Å²) in [6, 6.07) is 10.7. The SMILES string of the molecule is NC(=O)COc1cccc(C=CC(=O)NCc2cccnc2)c1. The molecule has 0 fully saturated rings. The fourth-order valence-electron chi connectivity index (χ4n) is 1.79. The standard InChI is InChI=1S/C17H17N3O3/c18-16(21)12-23-15-5-1-3-13(9-15)6-7-17(22)20-11-14-4-2-8-19-10-14/h1-10H,11-12H2,(H2,18,21)(H,20,22). The van der Waals surface area contributed by atoms with Crippen LogP contribution in [0.5, 0.6) is 5.75 Å². The van der Waals surface area contributed by atoms with Gasteiger partial charge in [0.05, 0.1) is 0 Å². The number of nitrogens with two attached hydrogens (primary N) is 1. The first-order chi connectivity index (χ1) is 11.1. The van der Waals surface area contributed by atoms with E-state index in [2.05, 4.69) is 10.3 Å². The van der Waals surface area contributed by atoms with Crippen LogP contribution in [0.2, 0.25) is 0 Å². The number of ether oxygens (including phenoxy) is 1. The maximum Gasteiger partial charge on any atom is 0.255 e. The fraction of sp³-hybridized carbons (Fsp3) is 0.118. The first kappa shape index (κ1) is 16.2. The zero-order chi connectivity index (χ0) is 16.5. The molecule has 0 atom stereocenters. The first-order valence-corrected chi connectivity index (χ1v) is 6.99. The fourth-order valence-corrected chi connectivity index (χ4v) is 1.79. The predicted octanol–water partition coefficient (Wildman–Crippen LogP) is 1.28. The number of pyridine rings is 1. The average molecular weight is 311 g/mol. The number of hydrogen-bond acceptors (Lipinski definition) is 4. The van der Waals surface area contributed by atoms with Crippen LogP contribution in [0.3, 0.4) is 0 Å². The summed E-state index contributed by atoms with van der Waals surface area (Å²) in [6.45, 7) is 0.234. The van der Waals surface area contributed by atoms with Gasteiger partial charge in [0, 0.05) is 25.0 Å².